The van der Waals surface area contributed by atoms with Crippen LogP contribution in [-0.2, 0) is 14.8 Å². The third-order valence-corrected chi connectivity index (χ3v) is 6.88. The summed E-state index contributed by atoms with van der Waals surface area (Å²) in [6.45, 7) is 4.17. The normalized spacial score (nSPS) is 15.2. The summed E-state index contributed by atoms with van der Waals surface area (Å²) in [5.41, 5.74) is 1.70. The van der Waals surface area contributed by atoms with E-state index in [1.807, 2.05) is 23.1 Å². The second-order valence-electron chi connectivity index (χ2n) is 7.91. The van der Waals surface area contributed by atoms with E-state index in [1.54, 1.807) is 24.3 Å². The van der Waals surface area contributed by atoms with Gasteiger partial charge in [-0.25, -0.2) is 8.42 Å². The molecular weight excluding hydrogens is 446 g/mol. The van der Waals surface area contributed by atoms with Crippen LogP contribution in [0.4, 0.5) is 5.69 Å². The number of anilines is 1. The first-order valence-electron chi connectivity index (χ1n) is 10.8. The number of benzene rings is 2. The second kappa shape index (κ2) is 11.5. The molecule has 0 saturated carbocycles. The van der Waals surface area contributed by atoms with Crippen LogP contribution < -0.4 is 4.31 Å². The van der Waals surface area contributed by atoms with Gasteiger partial charge in [0.15, 0.2) is 0 Å². The Morgan fingerprint density at radius 1 is 1.06 bits per heavy atom. The predicted molar refractivity (Wildman–Crippen MR) is 131 cm³/mol. The highest BCUT2D eigenvalue weighted by Gasteiger charge is 2.22. The maximum absolute atomic E-state index is 12.6. The van der Waals surface area contributed by atoms with Crippen LogP contribution in [0.25, 0.3) is 6.08 Å². The number of rotatable bonds is 9. The number of hydrogen-bond acceptors (Lipinski definition) is 4. The van der Waals surface area contributed by atoms with E-state index >= 15 is 0 Å². The molecule has 0 N–H and O–H groups in total. The van der Waals surface area contributed by atoms with E-state index in [0.717, 1.165) is 19.6 Å². The number of amides is 1. The Kier molecular flexibility index (Phi) is 8.73. The summed E-state index contributed by atoms with van der Waals surface area (Å²) < 4.78 is 25.7. The molecule has 0 atom stereocenters. The molecule has 1 heterocycles. The molecule has 0 bridgehead atoms. The molecule has 3 rings (SSSR count). The Hall–Kier alpha value is -2.35. The summed E-state index contributed by atoms with van der Waals surface area (Å²) in [7, 11) is -3.46. The topological polar surface area (TPSA) is 60.9 Å². The summed E-state index contributed by atoms with van der Waals surface area (Å²) in [6, 6.07) is 16.9. The van der Waals surface area contributed by atoms with Crippen molar-refractivity contribution in [2.75, 3.05) is 49.8 Å². The molecule has 2 aromatic carbocycles. The van der Waals surface area contributed by atoms with E-state index in [2.05, 4.69) is 29.2 Å². The lowest BCUT2D eigenvalue weighted by atomic mass is 10.2. The SMILES string of the molecule is CS(=O)(=O)N(CCCC(=O)N1CCN(CC=Cc2ccccc2)CC1)c1cccc(Cl)c1. The van der Waals surface area contributed by atoms with E-state index in [1.165, 1.54) is 16.1 Å². The molecule has 8 heteroatoms. The highest BCUT2D eigenvalue weighted by Crippen LogP contribution is 2.22. The van der Waals surface area contributed by atoms with Gasteiger partial charge in [-0.1, -0.05) is 60.2 Å². The minimum atomic E-state index is -3.46. The molecule has 172 valence electrons. The molecule has 0 aromatic heterocycles. The van der Waals surface area contributed by atoms with Gasteiger partial charge in [0.2, 0.25) is 15.9 Å². The maximum atomic E-state index is 12.6. The highest BCUT2D eigenvalue weighted by atomic mass is 35.5. The Balaban J connectivity index is 1.43. The lowest BCUT2D eigenvalue weighted by Gasteiger charge is -2.34. The summed E-state index contributed by atoms with van der Waals surface area (Å²) in [5, 5.41) is 0.476. The Morgan fingerprint density at radius 3 is 2.44 bits per heavy atom. The van der Waals surface area contributed by atoms with Crippen molar-refractivity contribution in [1.29, 1.82) is 0 Å². The fourth-order valence-electron chi connectivity index (χ4n) is 3.73. The predicted octanol–water partition coefficient (Wildman–Crippen LogP) is 3.74. The van der Waals surface area contributed by atoms with Crippen molar-refractivity contribution < 1.29 is 13.2 Å². The van der Waals surface area contributed by atoms with Gasteiger partial charge in [0.1, 0.15) is 0 Å². The average molecular weight is 476 g/mol. The Bertz CT molecular complexity index is 1020. The van der Waals surface area contributed by atoms with Crippen LogP contribution in [0.3, 0.4) is 0 Å². The van der Waals surface area contributed by atoms with E-state index in [4.69, 9.17) is 11.6 Å². The van der Waals surface area contributed by atoms with Gasteiger partial charge in [-0.2, -0.15) is 0 Å². The zero-order valence-electron chi connectivity index (χ0n) is 18.4. The number of hydrogen-bond donors (Lipinski definition) is 0. The molecule has 6 nitrogen and oxygen atoms in total. The molecule has 0 aliphatic carbocycles. The van der Waals surface area contributed by atoms with Gasteiger partial charge in [-0.05, 0) is 30.2 Å². The lowest BCUT2D eigenvalue weighted by molar-refractivity contribution is -0.132. The van der Waals surface area contributed by atoms with Gasteiger partial charge in [-0.15, -0.1) is 0 Å². The molecule has 0 unspecified atom stereocenters. The van der Waals surface area contributed by atoms with Crippen LogP contribution in [0.5, 0.6) is 0 Å². The van der Waals surface area contributed by atoms with Crippen molar-refractivity contribution in [2.24, 2.45) is 0 Å². The number of sulfonamides is 1. The largest absolute Gasteiger partial charge is 0.340 e. The van der Waals surface area contributed by atoms with Crippen LogP contribution >= 0.6 is 11.6 Å². The van der Waals surface area contributed by atoms with Crippen LogP contribution in [0, 0.1) is 0 Å². The molecule has 0 spiro atoms. The zero-order valence-corrected chi connectivity index (χ0v) is 19.9. The van der Waals surface area contributed by atoms with Gasteiger partial charge < -0.3 is 4.90 Å². The first-order chi connectivity index (χ1) is 15.3. The summed E-state index contributed by atoms with van der Waals surface area (Å²) >= 11 is 6.01. The van der Waals surface area contributed by atoms with Gasteiger partial charge >= 0.3 is 0 Å². The molecule has 0 radical (unpaired) electrons. The Morgan fingerprint density at radius 2 is 1.78 bits per heavy atom. The van der Waals surface area contributed by atoms with Gasteiger partial charge in [0, 0.05) is 50.7 Å². The van der Waals surface area contributed by atoms with Crippen LogP contribution in [0.15, 0.2) is 60.7 Å². The van der Waals surface area contributed by atoms with Crippen LogP contribution in [0.1, 0.15) is 18.4 Å². The molecule has 2 aromatic rings. The molecule has 1 saturated heterocycles. The number of nitrogens with zero attached hydrogens (tertiary/aromatic N) is 3. The minimum Gasteiger partial charge on any atom is -0.340 e. The van der Waals surface area contributed by atoms with Crippen LogP contribution in [-0.4, -0.2) is 69.6 Å². The van der Waals surface area contributed by atoms with E-state index < -0.39 is 10.0 Å². The average Bonchev–Trinajstić information content (AvgIpc) is 2.77. The fourth-order valence-corrected chi connectivity index (χ4v) is 4.87. The third kappa shape index (κ3) is 7.36. The van der Waals surface area contributed by atoms with E-state index in [-0.39, 0.29) is 12.5 Å². The van der Waals surface area contributed by atoms with Crippen molar-refractivity contribution in [2.45, 2.75) is 12.8 Å². The first kappa shape index (κ1) is 24.3. The molecule has 1 aliphatic rings. The number of carbonyl (C=O) groups excluding carboxylic acids is 1. The van der Waals surface area contributed by atoms with Crippen molar-refractivity contribution in [1.82, 2.24) is 9.80 Å². The molecule has 1 aliphatic heterocycles. The minimum absolute atomic E-state index is 0.0732. The first-order valence-corrected chi connectivity index (χ1v) is 13.0. The third-order valence-electron chi connectivity index (χ3n) is 5.45. The quantitative estimate of drug-likeness (QED) is 0.554. The molecule has 1 fully saturated rings. The van der Waals surface area contributed by atoms with E-state index in [9.17, 15) is 13.2 Å². The Labute approximate surface area is 196 Å². The fraction of sp³-hybridized carbons (Fsp3) is 0.375. The highest BCUT2D eigenvalue weighted by molar-refractivity contribution is 7.92. The number of halogens is 1. The summed E-state index contributed by atoms with van der Waals surface area (Å²) in [5.74, 6) is 0.0732. The van der Waals surface area contributed by atoms with Crippen molar-refractivity contribution >= 4 is 39.3 Å². The monoisotopic (exact) mass is 475 g/mol. The summed E-state index contributed by atoms with van der Waals surface area (Å²) in [4.78, 5) is 16.8. The maximum Gasteiger partial charge on any atom is 0.232 e. The number of carbonyl (C=O) groups is 1. The van der Waals surface area contributed by atoms with Crippen molar-refractivity contribution in [3.63, 3.8) is 0 Å². The van der Waals surface area contributed by atoms with E-state index in [0.29, 0.717) is 36.6 Å². The summed E-state index contributed by atoms with van der Waals surface area (Å²) in [6.07, 6.45) is 6.22. The lowest BCUT2D eigenvalue weighted by Crippen LogP contribution is -2.48. The van der Waals surface area contributed by atoms with Gasteiger partial charge in [0.05, 0.1) is 11.9 Å². The van der Waals surface area contributed by atoms with Gasteiger partial charge in [-0.3, -0.25) is 14.0 Å². The van der Waals surface area contributed by atoms with Crippen molar-refractivity contribution in [3.05, 3.63) is 71.3 Å². The molecule has 1 amide bonds. The smallest absolute Gasteiger partial charge is 0.232 e. The van der Waals surface area contributed by atoms with Crippen LogP contribution in [0.2, 0.25) is 5.02 Å². The molecular formula is C24H30ClN3O3S. The zero-order chi connectivity index (χ0) is 23.0. The second-order valence-corrected chi connectivity index (χ2v) is 10.3. The number of piperazine rings is 1. The van der Waals surface area contributed by atoms with Crippen molar-refractivity contribution in [3.8, 4) is 0 Å². The molecule has 32 heavy (non-hydrogen) atoms. The van der Waals surface area contributed by atoms with Gasteiger partial charge in [0.25, 0.3) is 0 Å². The standard InChI is InChI=1S/C24H30ClN3O3S/c1-32(30,31)28(23-12-5-11-22(25)20-23)15-7-13-24(29)27-18-16-26(17-19-27)14-6-10-21-8-3-2-4-9-21/h2-6,8-12,20H,7,13-19H2,1H3.